The van der Waals surface area contributed by atoms with Crippen LogP contribution < -0.4 is 5.32 Å². The average molecular weight is 371 g/mol. The zero-order chi connectivity index (χ0) is 18.7. The summed E-state index contributed by atoms with van der Waals surface area (Å²) in [5, 5.41) is 20.6. The first-order valence-electron chi connectivity index (χ1n) is 7.90. The minimum absolute atomic E-state index is 0.0507. The lowest BCUT2D eigenvalue weighted by atomic mass is 10.2. The Morgan fingerprint density at radius 3 is 2.69 bits per heavy atom. The molecule has 1 aromatic carbocycles. The number of benzene rings is 1. The molecule has 1 N–H and O–H groups in total. The van der Waals surface area contributed by atoms with E-state index in [9.17, 15) is 14.9 Å². The molecule has 0 aliphatic rings. The molecule has 3 rings (SSSR count). The molecule has 2 aromatic heterocycles. The summed E-state index contributed by atoms with van der Waals surface area (Å²) < 4.78 is 1.35. The fraction of sp³-hybridized carbons (Fsp3) is 0.235. The predicted molar refractivity (Wildman–Crippen MR) is 97.8 cm³/mol. The van der Waals surface area contributed by atoms with E-state index in [1.54, 1.807) is 13.8 Å². The smallest absolute Gasteiger partial charge is 0.312 e. The number of hydrogen-bond acceptors (Lipinski definition) is 6. The van der Waals surface area contributed by atoms with Gasteiger partial charge in [0.25, 0.3) is 0 Å². The Hall–Kier alpha value is -3.07. The predicted octanol–water partition coefficient (Wildman–Crippen LogP) is 2.85. The number of nitrogens with one attached hydrogen (secondary N) is 1. The Labute approximate surface area is 153 Å². The van der Waals surface area contributed by atoms with E-state index < -0.39 is 4.92 Å². The Morgan fingerprint density at radius 2 is 2.04 bits per heavy atom. The molecule has 0 radical (unpaired) electrons. The molecule has 1 amide bonds. The summed E-state index contributed by atoms with van der Waals surface area (Å²) in [6, 6.07) is 9.80. The molecule has 0 aliphatic heterocycles. The zero-order valence-electron chi connectivity index (χ0n) is 14.3. The van der Waals surface area contributed by atoms with Gasteiger partial charge in [0.1, 0.15) is 22.9 Å². The van der Waals surface area contributed by atoms with Gasteiger partial charge in [0, 0.05) is 10.9 Å². The van der Waals surface area contributed by atoms with E-state index in [1.165, 1.54) is 16.0 Å². The van der Waals surface area contributed by atoms with Crippen LogP contribution in [0.3, 0.4) is 0 Å². The third-order valence-electron chi connectivity index (χ3n) is 3.88. The highest BCUT2D eigenvalue weighted by Crippen LogP contribution is 2.22. The fourth-order valence-electron chi connectivity index (χ4n) is 2.61. The van der Waals surface area contributed by atoms with Crippen LogP contribution in [0.4, 0.5) is 5.69 Å². The number of aromatic nitrogens is 3. The largest absolute Gasteiger partial charge is 0.348 e. The summed E-state index contributed by atoms with van der Waals surface area (Å²) in [7, 11) is 0. The van der Waals surface area contributed by atoms with Gasteiger partial charge in [-0.2, -0.15) is 5.10 Å². The minimum atomic E-state index is -0.479. The van der Waals surface area contributed by atoms with Gasteiger partial charge in [-0.15, -0.1) is 11.3 Å². The summed E-state index contributed by atoms with van der Waals surface area (Å²) in [6.07, 6.45) is 0. The normalized spacial score (nSPS) is 10.7. The van der Waals surface area contributed by atoms with Crippen molar-refractivity contribution in [2.24, 2.45) is 0 Å². The van der Waals surface area contributed by atoms with Crippen LogP contribution in [-0.2, 0) is 17.9 Å². The first-order chi connectivity index (χ1) is 12.5. The van der Waals surface area contributed by atoms with Crippen molar-refractivity contribution in [3.8, 4) is 11.3 Å². The molecule has 0 bridgehead atoms. The molecule has 0 saturated heterocycles. The quantitative estimate of drug-likeness (QED) is 0.530. The summed E-state index contributed by atoms with van der Waals surface area (Å²) in [6.45, 7) is 3.37. The van der Waals surface area contributed by atoms with E-state index in [0.29, 0.717) is 17.9 Å². The summed E-state index contributed by atoms with van der Waals surface area (Å²) in [5.41, 5.74) is 2.51. The molecule has 8 nitrogen and oxygen atoms in total. The first kappa shape index (κ1) is 17.7. The van der Waals surface area contributed by atoms with E-state index in [2.05, 4.69) is 15.4 Å². The van der Waals surface area contributed by atoms with Gasteiger partial charge in [-0.25, -0.2) is 4.98 Å². The van der Waals surface area contributed by atoms with Crippen molar-refractivity contribution in [2.75, 3.05) is 0 Å². The molecule has 0 spiro atoms. The number of carbonyl (C=O) groups excluding carboxylic acids is 1. The van der Waals surface area contributed by atoms with E-state index in [4.69, 9.17) is 0 Å². The Balaban J connectivity index is 1.61. The number of carbonyl (C=O) groups is 1. The van der Waals surface area contributed by atoms with Crippen molar-refractivity contribution in [3.63, 3.8) is 0 Å². The molecule has 0 fully saturated rings. The molecule has 0 atom stereocenters. The van der Waals surface area contributed by atoms with Crippen LogP contribution in [0.15, 0.2) is 35.7 Å². The summed E-state index contributed by atoms with van der Waals surface area (Å²) in [4.78, 5) is 27.2. The molecule has 3 aromatic rings. The first-order valence-corrected chi connectivity index (χ1v) is 8.78. The Kier molecular flexibility index (Phi) is 5.08. The Morgan fingerprint density at radius 1 is 1.31 bits per heavy atom. The van der Waals surface area contributed by atoms with Crippen LogP contribution in [0.5, 0.6) is 0 Å². The van der Waals surface area contributed by atoms with Crippen LogP contribution >= 0.6 is 11.3 Å². The topological polar surface area (TPSA) is 103 Å². The highest BCUT2D eigenvalue weighted by atomic mass is 32.1. The van der Waals surface area contributed by atoms with Crippen molar-refractivity contribution >= 4 is 22.9 Å². The zero-order valence-corrected chi connectivity index (χ0v) is 15.1. The van der Waals surface area contributed by atoms with Gasteiger partial charge < -0.3 is 5.32 Å². The van der Waals surface area contributed by atoms with Crippen LogP contribution in [0.2, 0.25) is 0 Å². The number of aryl methyl sites for hydroxylation is 1. The summed E-state index contributed by atoms with van der Waals surface area (Å²) >= 11 is 1.47. The maximum absolute atomic E-state index is 12.1. The van der Waals surface area contributed by atoms with Crippen molar-refractivity contribution in [3.05, 3.63) is 62.2 Å². The van der Waals surface area contributed by atoms with Gasteiger partial charge in [-0.3, -0.25) is 19.6 Å². The molecule has 134 valence electrons. The number of thiazole rings is 1. The summed E-state index contributed by atoms with van der Waals surface area (Å²) in [5.74, 6) is -0.276. The third-order valence-corrected chi connectivity index (χ3v) is 4.73. The maximum Gasteiger partial charge on any atom is 0.312 e. The van der Waals surface area contributed by atoms with Crippen molar-refractivity contribution in [2.45, 2.75) is 26.9 Å². The second-order valence-corrected chi connectivity index (χ2v) is 6.65. The lowest BCUT2D eigenvalue weighted by Gasteiger charge is -2.04. The molecule has 0 saturated carbocycles. The third kappa shape index (κ3) is 3.77. The van der Waals surface area contributed by atoms with Crippen LogP contribution in [0.25, 0.3) is 11.3 Å². The Bertz CT molecular complexity index is 949. The van der Waals surface area contributed by atoms with Crippen molar-refractivity contribution in [1.29, 1.82) is 0 Å². The van der Waals surface area contributed by atoms with Crippen molar-refractivity contribution < 1.29 is 9.72 Å². The molecular weight excluding hydrogens is 354 g/mol. The van der Waals surface area contributed by atoms with Gasteiger partial charge in [0.2, 0.25) is 5.91 Å². The number of nitro groups is 1. The van der Waals surface area contributed by atoms with Crippen LogP contribution in [0.1, 0.15) is 16.4 Å². The van der Waals surface area contributed by atoms with E-state index in [-0.39, 0.29) is 18.1 Å². The van der Waals surface area contributed by atoms with E-state index in [0.717, 1.165) is 16.3 Å². The average Bonchev–Trinajstić information content (AvgIpc) is 3.19. The molecule has 0 unspecified atom stereocenters. The van der Waals surface area contributed by atoms with Gasteiger partial charge in [0.05, 0.1) is 17.2 Å². The molecule has 2 heterocycles. The molecule has 26 heavy (non-hydrogen) atoms. The van der Waals surface area contributed by atoms with Gasteiger partial charge in [-0.1, -0.05) is 30.3 Å². The van der Waals surface area contributed by atoms with Crippen molar-refractivity contribution in [1.82, 2.24) is 20.1 Å². The highest BCUT2D eigenvalue weighted by Gasteiger charge is 2.22. The number of amides is 1. The molecular formula is C17H17N5O3S. The SMILES string of the molecule is Cc1nn(CC(=O)NCc2nc(-c3ccccc3)cs2)c(C)c1[N+](=O)[O-]. The van der Waals surface area contributed by atoms with E-state index >= 15 is 0 Å². The number of nitrogens with zero attached hydrogens (tertiary/aromatic N) is 4. The minimum Gasteiger partial charge on any atom is -0.348 e. The van der Waals surface area contributed by atoms with Gasteiger partial charge in [0.15, 0.2) is 0 Å². The van der Waals surface area contributed by atoms with Crippen LogP contribution in [-0.4, -0.2) is 25.6 Å². The van der Waals surface area contributed by atoms with Gasteiger partial charge in [-0.05, 0) is 13.8 Å². The molecule has 9 heteroatoms. The number of hydrogen-bond donors (Lipinski definition) is 1. The van der Waals surface area contributed by atoms with Crippen LogP contribution in [0, 0.1) is 24.0 Å². The van der Waals surface area contributed by atoms with Gasteiger partial charge >= 0.3 is 5.69 Å². The van der Waals surface area contributed by atoms with E-state index in [1.807, 2.05) is 35.7 Å². The second kappa shape index (κ2) is 7.44. The lowest BCUT2D eigenvalue weighted by Crippen LogP contribution is -2.28. The second-order valence-electron chi connectivity index (χ2n) is 5.70. The fourth-order valence-corrected chi connectivity index (χ4v) is 3.35. The molecule has 0 aliphatic carbocycles. The highest BCUT2D eigenvalue weighted by molar-refractivity contribution is 7.09. The standard InChI is InChI=1S/C17H17N5O3S/c1-11-17(22(24)25)12(2)21(20-11)9-15(23)18-8-16-19-14(10-26-16)13-6-4-3-5-7-13/h3-7,10H,8-9H2,1-2H3,(H,18,23). The lowest BCUT2D eigenvalue weighted by molar-refractivity contribution is -0.386. The monoisotopic (exact) mass is 371 g/mol. The maximum atomic E-state index is 12.1. The number of rotatable bonds is 6.